The summed E-state index contributed by atoms with van der Waals surface area (Å²) >= 11 is 0. The molecule has 0 radical (unpaired) electrons. The van der Waals surface area contributed by atoms with E-state index in [2.05, 4.69) is 5.32 Å². The van der Waals surface area contributed by atoms with E-state index in [0.717, 1.165) is 38.3 Å². The van der Waals surface area contributed by atoms with Crippen molar-refractivity contribution in [2.75, 3.05) is 24.9 Å². The molecular weight excluding hydrogens is 483 g/mol. The summed E-state index contributed by atoms with van der Waals surface area (Å²) in [6.07, 6.45) is 1.07. The Balaban J connectivity index is 2.50. The molecule has 0 bridgehead atoms. The van der Waals surface area contributed by atoms with Crippen LogP contribution in [-0.4, -0.2) is 62.2 Å². The van der Waals surface area contributed by atoms with Crippen LogP contribution in [0.1, 0.15) is 44.7 Å². The average Bonchev–Trinajstić information content (AvgIpc) is 2.82. The average molecular weight is 521 g/mol. The first kappa shape index (κ1) is 29.3. The summed E-state index contributed by atoms with van der Waals surface area (Å²) in [4.78, 5) is 28.3. The van der Waals surface area contributed by atoms with Crippen molar-refractivity contribution in [3.63, 3.8) is 0 Å². The van der Waals surface area contributed by atoms with Gasteiger partial charge in [-0.05, 0) is 56.5 Å². The van der Waals surface area contributed by atoms with Gasteiger partial charge >= 0.3 is 10.2 Å². The zero-order chi connectivity index (χ0) is 27.0. The molecule has 198 valence electrons. The third-order valence-corrected chi connectivity index (χ3v) is 7.78. The van der Waals surface area contributed by atoms with E-state index in [1.807, 2.05) is 52.0 Å². The fourth-order valence-corrected chi connectivity index (χ4v) is 4.75. The molecule has 0 fully saturated rings. The predicted molar refractivity (Wildman–Crippen MR) is 140 cm³/mol. The van der Waals surface area contributed by atoms with Crippen LogP contribution in [0.3, 0.4) is 0 Å². The van der Waals surface area contributed by atoms with Crippen LogP contribution in [0.15, 0.2) is 48.5 Å². The van der Waals surface area contributed by atoms with Crippen molar-refractivity contribution in [2.24, 2.45) is 0 Å². The van der Waals surface area contributed by atoms with Crippen molar-refractivity contribution in [3.8, 4) is 0 Å². The number of benzene rings is 2. The van der Waals surface area contributed by atoms with E-state index in [9.17, 15) is 22.4 Å². The second-order valence-electron chi connectivity index (χ2n) is 9.03. The van der Waals surface area contributed by atoms with Gasteiger partial charge in [0.25, 0.3) is 0 Å². The smallest absolute Gasteiger partial charge is 0.304 e. The van der Waals surface area contributed by atoms with E-state index >= 15 is 0 Å². The Morgan fingerprint density at radius 1 is 1.03 bits per heavy atom. The Bertz CT molecular complexity index is 1140. The molecule has 0 aliphatic carbocycles. The van der Waals surface area contributed by atoms with Gasteiger partial charge in [-0.25, -0.2) is 8.70 Å². The zero-order valence-corrected chi connectivity index (χ0v) is 22.7. The van der Waals surface area contributed by atoms with Crippen molar-refractivity contribution < 1.29 is 22.4 Å². The van der Waals surface area contributed by atoms with Crippen molar-refractivity contribution in [1.29, 1.82) is 0 Å². The van der Waals surface area contributed by atoms with Gasteiger partial charge in [-0.2, -0.15) is 12.7 Å². The van der Waals surface area contributed by atoms with Crippen LogP contribution in [0.25, 0.3) is 0 Å². The molecule has 2 aromatic rings. The van der Waals surface area contributed by atoms with E-state index in [4.69, 9.17) is 0 Å². The maximum Gasteiger partial charge on any atom is 0.304 e. The lowest BCUT2D eigenvalue weighted by atomic mass is 10.1. The number of carbonyl (C=O) groups excluding carboxylic acids is 2. The lowest BCUT2D eigenvalue weighted by molar-refractivity contribution is -0.140. The van der Waals surface area contributed by atoms with Gasteiger partial charge in [-0.15, -0.1) is 0 Å². The number of rotatable bonds is 12. The molecule has 0 aliphatic heterocycles. The molecule has 10 heteroatoms. The predicted octanol–water partition coefficient (Wildman–Crippen LogP) is 3.47. The largest absolute Gasteiger partial charge is 0.352 e. The van der Waals surface area contributed by atoms with Gasteiger partial charge in [0.05, 0.1) is 5.69 Å². The Hall–Kier alpha value is -2.98. The molecule has 2 aromatic carbocycles. The molecular formula is C26H37FN4O4S. The molecule has 36 heavy (non-hydrogen) atoms. The van der Waals surface area contributed by atoms with E-state index in [1.165, 1.54) is 31.1 Å². The number of anilines is 1. The van der Waals surface area contributed by atoms with Crippen LogP contribution in [0.5, 0.6) is 0 Å². The molecule has 0 aromatic heterocycles. The first-order valence-electron chi connectivity index (χ1n) is 12.0. The van der Waals surface area contributed by atoms with Crippen LogP contribution < -0.4 is 9.62 Å². The van der Waals surface area contributed by atoms with Crippen LogP contribution in [0.2, 0.25) is 0 Å². The van der Waals surface area contributed by atoms with Gasteiger partial charge < -0.3 is 10.2 Å². The Morgan fingerprint density at radius 3 is 2.19 bits per heavy atom. The van der Waals surface area contributed by atoms with E-state index < -0.39 is 34.5 Å². The molecule has 0 saturated heterocycles. The first-order chi connectivity index (χ1) is 16.9. The lowest BCUT2D eigenvalue weighted by Gasteiger charge is -2.34. The molecule has 1 N–H and O–H groups in total. The first-order valence-corrected chi connectivity index (χ1v) is 13.4. The highest BCUT2D eigenvalue weighted by atomic mass is 32.2. The number of nitrogens with zero attached hydrogens (tertiary/aromatic N) is 3. The quantitative estimate of drug-likeness (QED) is 0.464. The minimum atomic E-state index is -4.09. The summed E-state index contributed by atoms with van der Waals surface area (Å²) < 4.78 is 41.7. The van der Waals surface area contributed by atoms with Crippen LogP contribution >= 0.6 is 0 Å². The Labute approximate surface area is 214 Å². The van der Waals surface area contributed by atoms with Gasteiger partial charge in [-0.3, -0.25) is 9.59 Å². The topological polar surface area (TPSA) is 90.0 Å². The fraction of sp³-hybridized carbons (Fsp3) is 0.462. The number of nitrogens with one attached hydrogen (secondary N) is 1. The molecule has 2 rings (SSSR count). The summed E-state index contributed by atoms with van der Waals surface area (Å²) in [5.41, 5.74) is 1.97. The summed E-state index contributed by atoms with van der Waals surface area (Å²) in [7, 11) is -1.38. The van der Waals surface area contributed by atoms with Crippen molar-refractivity contribution in [1.82, 2.24) is 14.5 Å². The number of hydrogen-bond donors (Lipinski definition) is 1. The number of halogens is 1. The number of aryl methyl sites for hydroxylation is 1. The molecule has 2 amide bonds. The van der Waals surface area contributed by atoms with Crippen molar-refractivity contribution >= 4 is 27.7 Å². The molecule has 0 aliphatic rings. The monoisotopic (exact) mass is 520 g/mol. The van der Waals surface area contributed by atoms with E-state index in [0.29, 0.717) is 6.42 Å². The fourth-order valence-electron chi connectivity index (χ4n) is 3.69. The maximum absolute atomic E-state index is 13.8. The van der Waals surface area contributed by atoms with Gasteiger partial charge in [0.15, 0.2) is 0 Å². The second kappa shape index (κ2) is 12.8. The molecule has 8 nitrogen and oxygen atoms in total. The highest BCUT2D eigenvalue weighted by molar-refractivity contribution is 7.90. The van der Waals surface area contributed by atoms with Gasteiger partial charge in [-0.1, -0.05) is 43.7 Å². The summed E-state index contributed by atoms with van der Waals surface area (Å²) in [5.74, 6) is -1.37. The van der Waals surface area contributed by atoms with Gasteiger partial charge in [0, 0.05) is 26.7 Å². The normalized spacial score (nSPS) is 13.2. The summed E-state index contributed by atoms with van der Waals surface area (Å²) in [5, 5.41) is 2.94. The van der Waals surface area contributed by atoms with Crippen LogP contribution in [0.4, 0.5) is 10.1 Å². The van der Waals surface area contributed by atoms with Gasteiger partial charge in [0.2, 0.25) is 11.8 Å². The number of hydrogen-bond acceptors (Lipinski definition) is 4. The highest BCUT2D eigenvalue weighted by Crippen LogP contribution is 2.22. The minimum absolute atomic E-state index is 0.0766. The number of amides is 2. The van der Waals surface area contributed by atoms with Gasteiger partial charge in [0.1, 0.15) is 18.4 Å². The Morgan fingerprint density at radius 2 is 1.67 bits per heavy atom. The molecule has 0 saturated carbocycles. The highest BCUT2D eigenvalue weighted by Gasteiger charge is 2.34. The lowest BCUT2D eigenvalue weighted by Crippen LogP contribution is -2.54. The van der Waals surface area contributed by atoms with Crippen molar-refractivity contribution in [2.45, 2.75) is 59.2 Å². The summed E-state index contributed by atoms with van der Waals surface area (Å²) in [6, 6.07) is 11.6. The molecule has 0 heterocycles. The minimum Gasteiger partial charge on any atom is -0.352 e. The van der Waals surface area contributed by atoms with Crippen molar-refractivity contribution in [3.05, 3.63) is 65.5 Å². The SMILES string of the molecule is CC[C@H](C)NC(=O)[C@H](CC)N(Cc1cccc(C)c1)C(=O)CN(c1ccc(F)cc1)S(=O)(=O)N(C)C. The molecule has 0 unspecified atom stereocenters. The molecule has 2 atom stereocenters. The van der Waals surface area contributed by atoms with Crippen LogP contribution in [0, 0.1) is 12.7 Å². The molecule has 0 spiro atoms. The van der Waals surface area contributed by atoms with E-state index in [1.54, 1.807) is 0 Å². The van der Waals surface area contributed by atoms with E-state index in [-0.39, 0.29) is 24.2 Å². The third-order valence-electron chi connectivity index (χ3n) is 5.96. The summed E-state index contributed by atoms with van der Waals surface area (Å²) in [6.45, 7) is 7.16. The standard InChI is InChI=1S/C26H37FN4O4S/c1-7-20(4)28-26(33)24(8-2)30(17-21-11-9-10-19(3)16-21)25(32)18-31(36(34,35)29(5)6)23-14-12-22(27)13-15-23/h9-16,20,24H,7-8,17-18H2,1-6H3,(H,28,33)/t20-,24-/m0/s1. The Kier molecular flexibility index (Phi) is 10.4. The maximum atomic E-state index is 13.8. The zero-order valence-electron chi connectivity index (χ0n) is 21.9. The van der Waals surface area contributed by atoms with Crippen LogP contribution in [-0.2, 0) is 26.3 Å². The second-order valence-corrected chi connectivity index (χ2v) is 11.1. The third kappa shape index (κ3) is 7.51. The number of carbonyl (C=O) groups is 2.